The maximum Gasteiger partial charge on any atom is 0.241 e. The summed E-state index contributed by atoms with van der Waals surface area (Å²) in [4.78, 5) is 0.158. The number of hydrogen-bond acceptors (Lipinski definition) is 5. The van der Waals surface area contributed by atoms with Gasteiger partial charge in [-0.15, -0.1) is 0 Å². The summed E-state index contributed by atoms with van der Waals surface area (Å²) in [5, 5.41) is 0. The summed E-state index contributed by atoms with van der Waals surface area (Å²) < 4.78 is 44.7. The van der Waals surface area contributed by atoms with E-state index >= 15 is 0 Å². The van der Waals surface area contributed by atoms with Crippen LogP contribution in [0.2, 0.25) is 0 Å². The molecule has 1 N–H and O–H groups in total. The quantitative estimate of drug-likeness (QED) is 0.837. The van der Waals surface area contributed by atoms with Crippen molar-refractivity contribution in [3.8, 4) is 17.2 Å². The third kappa shape index (κ3) is 3.78. The Balaban J connectivity index is 1.86. The van der Waals surface area contributed by atoms with Gasteiger partial charge >= 0.3 is 0 Å². The molecule has 2 aromatic carbocycles. The van der Waals surface area contributed by atoms with Crippen LogP contribution in [0.4, 0.5) is 0 Å². The van der Waals surface area contributed by atoms with E-state index in [0.29, 0.717) is 31.1 Å². The molecule has 0 amide bonds. The first-order valence-corrected chi connectivity index (χ1v) is 9.99. The van der Waals surface area contributed by atoms with Crippen LogP contribution in [0.15, 0.2) is 41.3 Å². The van der Waals surface area contributed by atoms with E-state index < -0.39 is 10.0 Å². The van der Waals surface area contributed by atoms with E-state index in [-0.39, 0.29) is 10.9 Å². The second kappa shape index (κ2) is 7.55. The highest BCUT2D eigenvalue weighted by molar-refractivity contribution is 7.89. The lowest BCUT2D eigenvalue weighted by molar-refractivity contribution is 0.171. The monoisotopic (exact) mass is 377 g/mol. The van der Waals surface area contributed by atoms with Crippen LogP contribution >= 0.6 is 0 Å². The summed E-state index contributed by atoms with van der Waals surface area (Å²) in [6.45, 7) is 4.75. The third-order valence-electron chi connectivity index (χ3n) is 4.35. The largest absolute Gasteiger partial charge is 0.496 e. The van der Waals surface area contributed by atoms with Crippen molar-refractivity contribution in [1.29, 1.82) is 0 Å². The van der Waals surface area contributed by atoms with Gasteiger partial charge in [0, 0.05) is 12.1 Å². The van der Waals surface area contributed by atoms with Crippen molar-refractivity contribution in [3.63, 3.8) is 0 Å². The lowest BCUT2D eigenvalue weighted by Gasteiger charge is -2.21. The normalized spacial score (nSPS) is 14.7. The molecule has 1 atom stereocenters. The summed E-state index contributed by atoms with van der Waals surface area (Å²) >= 11 is 0. The van der Waals surface area contributed by atoms with E-state index in [9.17, 15) is 8.42 Å². The summed E-state index contributed by atoms with van der Waals surface area (Å²) in [6.07, 6.45) is 0.621. The zero-order chi connectivity index (χ0) is 18.7. The standard InChI is InChI=1S/C19H23NO5S/c1-4-16(14-5-7-17(23-3)13(2)11-14)20-26(21,22)15-6-8-18-19(12-15)25-10-9-24-18/h5-8,11-12,16,20H,4,9-10H2,1-3H3. The Morgan fingerprint density at radius 3 is 2.50 bits per heavy atom. The van der Waals surface area contributed by atoms with Gasteiger partial charge in [0.1, 0.15) is 19.0 Å². The van der Waals surface area contributed by atoms with Crippen molar-refractivity contribution < 1.29 is 22.6 Å². The van der Waals surface area contributed by atoms with Gasteiger partial charge < -0.3 is 14.2 Å². The highest BCUT2D eigenvalue weighted by Crippen LogP contribution is 2.33. The fourth-order valence-electron chi connectivity index (χ4n) is 2.95. The average molecular weight is 377 g/mol. The molecule has 140 valence electrons. The first-order chi connectivity index (χ1) is 12.4. The molecule has 0 saturated heterocycles. The Morgan fingerprint density at radius 2 is 1.85 bits per heavy atom. The number of aryl methyl sites for hydroxylation is 1. The van der Waals surface area contributed by atoms with E-state index in [1.165, 1.54) is 12.1 Å². The molecule has 0 radical (unpaired) electrons. The molecule has 26 heavy (non-hydrogen) atoms. The van der Waals surface area contributed by atoms with Gasteiger partial charge in [0.25, 0.3) is 0 Å². The minimum absolute atomic E-state index is 0.158. The molecule has 6 nitrogen and oxygen atoms in total. The zero-order valence-corrected chi connectivity index (χ0v) is 15.9. The predicted octanol–water partition coefficient (Wildman–Crippen LogP) is 3.20. The molecule has 2 aromatic rings. The predicted molar refractivity (Wildman–Crippen MR) is 98.5 cm³/mol. The van der Waals surface area contributed by atoms with E-state index in [4.69, 9.17) is 14.2 Å². The van der Waals surface area contributed by atoms with Crippen LogP contribution in [0, 0.1) is 6.92 Å². The van der Waals surface area contributed by atoms with E-state index in [0.717, 1.165) is 16.9 Å². The van der Waals surface area contributed by atoms with Crippen molar-refractivity contribution in [2.45, 2.75) is 31.2 Å². The molecule has 0 bridgehead atoms. The first kappa shape index (κ1) is 18.5. The van der Waals surface area contributed by atoms with Crippen LogP contribution in [-0.2, 0) is 10.0 Å². The SMILES string of the molecule is CCC(NS(=O)(=O)c1ccc2c(c1)OCCO2)c1ccc(OC)c(C)c1. The Labute approximate surface area is 154 Å². The Morgan fingerprint density at radius 1 is 1.12 bits per heavy atom. The topological polar surface area (TPSA) is 73.9 Å². The minimum Gasteiger partial charge on any atom is -0.496 e. The lowest BCUT2D eigenvalue weighted by Crippen LogP contribution is -2.28. The maximum absolute atomic E-state index is 12.8. The van der Waals surface area contributed by atoms with Crippen LogP contribution < -0.4 is 18.9 Å². The summed E-state index contributed by atoms with van der Waals surface area (Å²) in [5.41, 5.74) is 1.86. The summed E-state index contributed by atoms with van der Waals surface area (Å²) in [7, 11) is -2.08. The fraction of sp³-hybridized carbons (Fsp3) is 0.368. The van der Waals surface area contributed by atoms with Gasteiger partial charge in [-0.3, -0.25) is 0 Å². The molecular weight excluding hydrogens is 354 g/mol. The molecular formula is C19H23NO5S. The third-order valence-corrected chi connectivity index (χ3v) is 5.82. The summed E-state index contributed by atoms with van der Waals surface area (Å²) in [5.74, 6) is 1.79. The van der Waals surface area contributed by atoms with Crippen LogP contribution in [0.25, 0.3) is 0 Å². The average Bonchev–Trinajstić information content (AvgIpc) is 2.65. The van der Waals surface area contributed by atoms with E-state index in [1.54, 1.807) is 13.2 Å². The van der Waals surface area contributed by atoms with Gasteiger partial charge in [-0.2, -0.15) is 0 Å². The Kier molecular flexibility index (Phi) is 5.38. The van der Waals surface area contributed by atoms with Crippen molar-refractivity contribution >= 4 is 10.0 Å². The van der Waals surface area contributed by atoms with Crippen molar-refractivity contribution in [2.24, 2.45) is 0 Å². The molecule has 0 spiro atoms. The highest BCUT2D eigenvalue weighted by Gasteiger charge is 2.23. The molecule has 0 aromatic heterocycles. The van der Waals surface area contributed by atoms with Gasteiger partial charge in [0.05, 0.1) is 12.0 Å². The molecule has 7 heteroatoms. The van der Waals surface area contributed by atoms with Gasteiger partial charge in [0.2, 0.25) is 10.0 Å². The number of hydrogen-bond donors (Lipinski definition) is 1. The molecule has 1 unspecified atom stereocenters. The smallest absolute Gasteiger partial charge is 0.241 e. The maximum atomic E-state index is 12.8. The lowest BCUT2D eigenvalue weighted by atomic mass is 10.0. The molecule has 0 saturated carbocycles. The van der Waals surface area contributed by atoms with Gasteiger partial charge in [-0.25, -0.2) is 13.1 Å². The first-order valence-electron chi connectivity index (χ1n) is 8.51. The fourth-order valence-corrected chi connectivity index (χ4v) is 4.27. The molecule has 0 aliphatic carbocycles. The number of benzene rings is 2. The molecule has 1 heterocycles. The number of methoxy groups -OCH3 is 1. The van der Waals surface area contributed by atoms with Crippen molar-refractivity contribution in [3.05, 3.63) is 47.5 Å². The number of rotatable bonds is 6. The van der Waals surface area contributed by atoms with Gasteiger partial charge in [-0.05, 0) is 42.7 Å². The number of nitrogens with one attached hydrogen (secondary N) is 1. The second-order valence-corrected chi connectivity index (χ2v) is 7.83. The minimum atomic E-state index is -3.70. The second-order valence-electron chi connectivity index (χ2n) is 6.12. The molecule has 0 fully saturated rings. The van der Waals surface area contributed by atoms with E-state index in [1.807, 2.05) is 32.0 Å². The van der Waals surface area contributed by atoms with Crippen LogP contribution in [-0.4, -0.2) is 28.7 Å². The van der Waals surface area contributed by atoms with Crippen molar-refractivity contribution in [1.82, 2.24) is 4.72 Å². The van der Waals surface area contributed by atoms with Crippen LogP contribution in [0.1, 0.15) is 30.5 Å². The van der Waals surface area contributed by atoms with Gasteiger partial charge in [0.15, 0.2) is 11.5 Å². The van der Waals surface area contributed by atoms with Crippen LogP contribution in [0.3, 0.4) is 0 Å². The molecule has 3 rings (SSSR count). The summed E-state index contributed by atoms with van der Waals surface area (Å²) in [6, 6.07) is 10.0. The number of sulfonamides is 1. The van der Waals surface area contributed by atoms with Crippen LogP contribution in [0.5, 0.6) is 17.2 Å². The number of fused-ring (bicyclic) bond motifs is 1. The Hall–Kier alpha value is -2.25. The molecule has 1 aliphatic rings. The zero-order valence-electron chi connectivity index (χ0n) is 15.1. The molecule has 1 aliphatic heterocycles. The number of ether oxygens (including phenoxy) is 3. The van der Waals surface area contributed by atoms with E-state index in [2.05, 4.69) is 4.72 Å². The van der Waals surface area contributed by atoms with Gasteiger partial charge in [-0.1, -0.05) is 19.1 Å². The highest BCUT2D eigenvalue weighted by atomic mass is 32.2. The Bertz CT molecular complexity index is 895. The van der Waals surface area contributed by atoms with Crippen molar-refractivity contribution in [2.75, 3.05) is 20.3 Å².